The summed E-state index contributed by atoms with van der Waals surface area (Å²) in [6, 6.07) is 0.474. The third-order valence-corrected chi connectivity index (χ3v) is 5.00. The summed E-state index contributed by atoms with van der Waals surface area (Å²) in [6.07, 6.45) is 11.0. The lowest BCUT2D eigenvalue weighted by atomic mass is 9.91. The molecule has 0 aromatic rings. The molecule has 0 amide bonds. The van der Waals surface area contributed by atoms with Gasteiger partial charge in [0.1, 0.15) is 0 Å². The quantitative estimate of drug-likeness (QED) is 0.766. The molecule has 0 spiro atoms. The summed E-state index contributed by atoms with van der Waals surface area (Å²) in [5.41, 5.74) is 6.32. The summed E-state index contributed by atoms with van der Waals surface area (Å²) in [6.45, 7) is 6.25. The zero-order chi connectivity index (χ0) is 12.1. The SMILES string of the molecule is CCC1CCN(CC2CCCCCC2N)CC1. The van der Waals surface area contributed by atoms with Gasteiger partial charge in [-0.15, -0.1) is 0 Å². The number of piperidine rings is 1. The topological polar surface area (TPSA) is 29.3 Å². The van der Waals surface area contributed by atoms with Gasteiger partial charge in [-0.2, -0.15) is 0 Å². The van der Waals surface area contributed by atoms with E-state index in [1.165, 1.54) is 71.0 Å². The van der Waals surface area contributed by atoms with Gasteiger partial charge in [-0.25, -0.2) is 0 Å². The molecule has 1 saturated heterocycles. The van der Waals surface area contributed by atoms with Gasteiger partial charge in [0.25, 0.3) is 0 Å². The first-order chi connectivity index (χ1) is 8.29. The van der Waals surface area contributed by atoms with Crippen molar-refractivity contribution < 1.29 is 0 Å². The number of nitrogens with two attached hydrogens (primary N) is 1. The highest BCUT2D eigenvalue weighted by atomic mass is 15.1. The van der Waals surface area contributed by atoms with E-state index in [0.29, 0.717) is 6.04 Å². The highest BCUT2D eigenvalue weighted by Gasteiger charge is 2.25. The number of nitrogens with zero attached hydrogens (tertiary/aromatic N) is 1. The Morgan fingerprint density at radius 2 is 1.71 bits per heavy atom. The fourth-order valence-electron chi connectivity index (χ4n) is 3.55. The molecule has 2 fully saturated rings. The van der Waals surface area contributed by atoms with E-state index in [2.05, 4.69) is 11.8 Å². The van der Waals surface area contributed by atoms with Crippen molar-refractivity contribution in [2.45, 2.75) is 64.3 Å². The maximum absolute atomic E-state index is 6.32. The summed E-state index contributed by atoms with van der Waals surface area (Å²) in [5.74, 6) is 1.77. The van der Waals surface area contributed by atoms with Crippen LogP contribution in [0.3, 0.4) is 0 Å². The lowest BCUT2D eigenvalue weighted by Gasteiger charge is -2.35. The molecule has 1 aliphatic heterocycles. The Morgan fingerprint density at radius 1 is 1.00 bits per heavy atom. The first kappa shape index (κ1) is 13.4. The van der Waals surface area contributed by atoms with E-state index >= 15 is 0 Å². The van der Waals surface area contributed by atoms with Crippen molar-refractivity contribution in [2.75, 3.05) is 19.6 Å². The third kappa shape index (κ3) is 3.96. The molecule has 0 bridgehead atoms. The summed E-state index contributed by atoms with van der Waals surface area (Å²) in [7, 11) is 0. The summed E-state index contributed by atoms with van der Waals surface area (Å²) in [4.78, 5) is 2.68. The second-order valence-corrected chi connectivity index (χ2v) is 6.21. The standard InChI is InChI=1S/C15H30N2/c1-2-13-8-10-17(11-9-13)12-14-6-4-3-5-7-15(14)16/h13-15H,2-12,16H2,1H3. The predicted octanol–water partition coefficient (Wildman–Crippen LogP) is 3.02. The normalized spacial score (nSPS) is 33.5. The fraction of sp³-hybridized carbons (Fsp3) is 1.00. The largest absolute Gasteiger partial charge is 0.327 e. The molecular formula is C15H30N2. The first-order valence-corrected chi connectivity index (χ1v) is 7.77. The van der Waals surface area contributed by atoms with Gasteiger partial charge in [-0.1, -0.05) is 32.6 Å². The van der Waals surface area contributed by atoms with Crippen LogP contribution in [-0.4, -0.2) is 30.6 Å². The van der Waals surface area contributed by atoms with Crippen molar-refractivity contribution in [1.29, 1.82) is 0 Å². The second-order valence-electron chi connectivity index (χ2n) is 6.21. The predicted molar refractivity (Wildman–Crippen MR) is 74.0 cm³/mol. The molecule has 1 heterocycles. The number of hydrogen-bond acceptors (Lipinski definition) is 2. The summed E-state index contributed by atoms with van der Waals surface area (Å²) < 4.78 is 0. The lowest BCUT2D eigenvalue weighted by molar-refractivity contribution is 0.147. The maximum atomic E-state index is 6.32. The first-order valence-electron chi connectivity index (χ1n) is 7.77. The Hall–Kier alpha value is -0.0800. The van der Waals surface area contributed by atoms with Gasteiger partial charge >= 0.3 is 0 Å². The van der Waals surface area contributed by atoms with Crippen LogP contribution in [0.15, 0.2) is 0 Å². The van der Waals surface area contributed by atoms with Crippen LogP contribution < -0.4 is 5.73 Å². The molecule has 2 aliphatic rings. The van der Waals surface area contributed by atoms with Crippen molar-refractivity contribution in [1.82, 2.24) is 4.90 Å². The van der Waals surface area contributed by atoms with E-state index in [1.54, 1.807) is 0 Å². The second kappa shape index (κ2) is 6.75. The Kier molecular flexibility index (Phi) is 5.30. The molecule has 1 saturated carbocycles. The van der Waals surface area contributed by atoms with Crippen molar-refractivity contribution in [3.8, 4) is 0 Å². The average molecular weight is 238 g/mol. The molecule has 100 valence electrons. The smallest absolute Gasteiger partial charge is 0.00793 e. The molecule has 0 aromatic carbocycles. The minimum Gasteiger partial charge on any atom is -0.327 e. The van der Waals surface area contributed by atoms with E-state index in [4.69, 9.17) is 5.73 Å². The van der Waals surface area contributed by atoms with E-state index < -0.39 is 0 Å². The Bertz CT molecular complexity index is 209. The van der Waals surface area contributed by atoms with Crippen molar-refractivity contribution in [2.24, 2.45) is 17.6 Å². The Morgan fingerprint density at radius 3 is 2.41 bits per heavy atom. The minimum absolute atomic E-state index is 0.474. The van der Waals surface area contributed by atoms with Gasteiger partial charge in [0.2, 0.25) is 0 Å². The van der Waals surface area contributed by atoms with E-state index in [0.717, 1.165) is 11.8 Å². The highest BCUT2D eigenvalue weighted by molar-refractivity contribution is 4.81. The maximum Gasteiger partial charge on any atom is 0.00793 e. The molecule has 2 heteroatoms. The van der Waals surface area contributed by atoms with Gasteiger partial charge in [0.05, 0.1) is 0 Å². The van der Waals surface area contributed by atoms with Crippen LogP contribution in [0.5, 0.6) is 0 Å². The molecule has 2 atom stereocenters. The molecule has 2 N–H and O–H groups in total. The van der Waals surface area contributed by atoms with Gasteiger partial charge in [0, 0.05) is 12.6 Å². The van der Waals surface area contributed by atoms with Crippen LogP contribution in [0.2, 0.25) is 0 Å². The minimum atomic E-state index is 0.474. The zero-order valence-electron chi connectivity index (χ0n) is 11.5. The molecule has 2 rings (SSSR count). The van der Waals surface area contributed by atoms with Gasteiger partial charge in [0.15, 0.2) is 0 Å². The van der Waals surface area contributed by atoms with Gasteiger partial charge < -0.3 is 10.6 Å². The molecular weight excluding hydrogens is 208 g/mol. The Labute approximate surface area is 107 Å². The molecule has 0 aromatic heterocycles. The van der Waals surface area contributed by atoms with Crippen LogP contribution in [-0.2, 0) is 0 Å². The summed E-state index contributed by atoms with van der Waals surface area (Å²) in [5, 5.41) is 0. The molecule has 2 nitrogen and oxygen atoms in total. The monoisotopic (exact) mass is 238 g/mol. The van der Waals surface area contributed by atoms with E-state index in [9.17, 15) is 0 Å². The molecule has 17 heavy (non-hydrogen) atoms. The Balaban J connectivity index is 1.76. The third-order valence-electron chi connectivity index (χ3n) is 5.00. The van der Waals surface area contributed by atoms with E-state index in [1.807, 2.05) is 0 Å². The van der Waals surface area contributed by atoms with Gasteiger partial charge in [-0.3, -0.25) is 0 Å². The fourth-order valence-corrected chi connectivity index (χ4v) is 3.55. The van der Waals surface area contributed by atoms with Crippen molar-refractivity contribution in [3.63, 3.8) is 0 Å². The highest BCUT2D eigenvalue weighted by Crippen LogP contribution is 2.26. The lowest BCUT2D eigenvalue weighted by Crippen LogP contribution is -2.42. The molecule has 2 unspecified atom stereocenters. The van der Waals surface area contributed by atoms with Crippen LogP contribution in [0.25, 0.3) is 0 Å². The van der Waals surface area contributed by atoms with Crippen LogP contribution in [0.1, 0.15) is 58.3 Å². The summed E-state index contributed by atoms with van der Waals surface area (Å²) >= 11 is 0. The van der Waals surface area contributed by atoms with Gasteiger partial charge in [-0.05, 0) is 50.6 Å². The van der Waals surface area contributed by atoms with Crippen molar-refractivity contribution >= 4 is 0 Å². The molecule has 0 radical (unpaired) electrons. The number of likely N-dealkylation sites (tertiary alicyclic amines) is 1. The number of rotatable bonds is 3. The number of hydrogen-bond donors (Lipinski definition) is 1. The molecule has 1 aliphatic carbocycles. The van der Waals surface area contributed by atoms with Crippen LogP contribution in [0.4, 0.5) is 0 Å². The van der Waals surface area contributed by atoms with Crippen molar-refractivity contribution in [3.05, 3.63) is 0 Å². The van der Waals surface area contributed by atoms with E-state index in [-0.39, 0.29) is 0 Å². The van der Waals surface area contributed by atoms with Crippen LogP contribution in [0, 0.1) is 11.8 Å². The zero-order valence-corrected chi connectivity index (χ0v) is 11.5. The average Bonchev–Trinajstić information content (AvgIpc) is 2.56. The van der Waals surface area contributed by atoms with Crippen LogP contribution >= 0.6 is 0 Å².